The Balaban J connectivity index is 2.14. The zero-order chi connectivity index (χ0) is 19.4. The Kier molecular flexibility index (Phi) is 6.66. The number of hydrogen-bond acceptors (Lipinski definition) is 5. The Labute approximate surface area is 161 Å². The first-order valence-electron chi connectivity index (χ1n) is 9.12. The number of nitrogens with zero attached hydrogens (tertiary/aromatic N) is 3. The summed E-state index contributed by atoms with van der Waals surface area (Å²) < 4.78 is 0. The van der Waals surface area contributed by atoms with Crippen LogP contribution in [0, 0.1) is 16.7 Å². The van der Waals surface area contributed by atoms with E-state index in [9.17, 15) is 4.79 Å². The van der Waals surface area contributed by atoms with Crippen LogP contribution in [-0.4, -0.2) is 55.1 Å². The minimum atomic E-state index is -0.756. The van der Waals surface area contributed by atoms with Crippen molar-refractivity contribution >= 4 is 34.4 Å². The first-order valence-corrected chi connectivity index (χ1v) is 10.3. The fourth-order valence-corrected chi connectivity index (χ4v) is 3.21. The van der Waals surface area contributed by atoms with E-state index < -0.39 is 5.41 Å². The van der Waals surface area contributed by atoms with Crippen LogP contribution in [0.5, 0.6) is 0 Å². The highest BCUT2D eigenvalue weighted by molar-refractivity contribution is 8.13. The van der Waals surface area contributed by atoms with Gasteiger partial charge in [0, 0.05) is 36.7 Å². The van der Waals surface area contributed by atoms with Gasteiger partial charge in [0.25, 0.3) is 0 Å². The van der Waals surface area contributed by atoms with Crippen molar-refractivity contribution in [1.29, 1.82) is 0 Å². The minimum Gasteiger partial charge on any atom is -0.355 e. The Bertz CT molecular complexity index is 659. The molecule has 2 unspecified atom stereocenters. The average Bonchev–Trinajstić information content (AvgIpc) is 2.61. The first-order chi connectivity index (χ1) is 12.2. The quantitative estimate of drug-likeness (QED) is 0.790. The number of thioether (sulfide) groups is 1. The second kappa shape index (κ2) is 8.37. The van der Waals surface area contributed by atoms with E-state index in [2.05, 4.69) is 48.5 Å². The summed E-state index contributed by atoms with van der Waals surface area (Å²) in [6.07, 6.45) is 6.26. The fraction of sp³-hybridized carbons (Fsp3) is 0.684. The lowest BCUT2D eigenvalue weighted by molar-refractivity contribution is -0.126. The van der Waals surface area contributed by atoms with Crippen LogP contribution in [0.3, 0.4) is 0 Å². The summed E-state index contributed by atoms with van der Waals surface area (Å²) in [5.74, 6) is 0.912. The number of aliphatic imine (C=N–C) groups is 3. The number of amidine groups is 2. The van der Waals surface area contributed by atoms with Gasteiger partial charge < -0.3 is 10.6 Å². The van der Waals surface area contributed by atoms with Crippen LogP contribution < -0.4 is 10.6 Å². The first kappa shape index (κ1) is 20.7. The van der Waals surface area contributed by atoms with Crippen LogP contribution in [0.15, 0.2) is 27.1 Å². The number of nitrogens with one attached hydrogen (secondary N) is 2. The van der Waals surface area contributed by atoms with Gasteiger partial charge in [0.2, 0.25) is 5.91 Å². The number of hydrogen-bond donors (Lipinski definition) is 2. The molecule has 2 rings (SSSR count). The van der Waals surface area contributed by atoms with Gasteiger partial charge in [-0.1, -0.05) is 38.6 Å². The maximum absolute atomic E-state index is 12.6. The highest BCUT2D eigenvalue weighted by Crippen LogP contribution is 2.25. The Morgan fingerprint density at radius 1 is 1.46 bits per heavy atom. The van der Waals surface area contributed by atoms with Crippen LogP contribution >= 0.6 is 11.8 Å². The molecule has 2 N–H and O–H groups in total. The number of amides is 1. The summed E-state index contributed by atoms with van der Waals surface area (Å²) in [6.45, 7) is 12.7. The minimum absolute atomic E-state index is 0.0395. The maximum atomic E-state index is 12.6. The van der Waals surface area contributed by atoms with Crippen molar-refractivity contribution in [2.24, 2.45) is 31.7 Å². The molecule has 0 spiro atoms. The van der Waals surface area contributed by atoms with Gasteiger partial charge in [0.15, 0.2) is 5.17 Å². The molecule has 0 aromatic carbocycles. The van der Waals surface area contributed by atoms with Gasteiger partial charge in [-0.2, -0.15) is 0 Å². The lowest BCUT2D eigenvalue weighted by atomic mass is 9.86. The van der Waals surface area contributed by atoms with Gasteiger partial charge in [0.1, 0.15) is 11.3 Å². The second-order valence-corrected chi connectivity index (χ2v) is 8.72. The number of dihydropyridines is 1. The number of carbonyl (C=O) groups excluding carboxylic acids is 1. The van der Waals surface area contributed by atoms with Crippen LogP contribution in [0.1, 0.15) is 34.6 Å². The average molecular weight is 378 g/mol. The van der Waals surface area contributed by atoms with E-state index in [4.69, 9.17) is 9.98 Å². The molecule has 0 radical (unpaired) electrons. The summed E-state index contributed by atoms with van der Waals surface area (Å²) >= 11 is 1.53. The molecule has 0 saturated carbocycles. The van der Waals surface area contributed by atoms with Crippen molar-refractivity contribution < 1.29 is 4.79 Å². The topological polar surface area (TPSA) is 78.2 Å². The number of rotatable bonds is 4. The maximum Gasteiger partial charge on any atom is 0.235 e. The van der Waals surface area contributed by atoms with Gasteiger partial charge in [-0.15, -0.1) is 0 Å². The third-order valence-corrected chi connectivity index (χ3v) is 5.21. The molecule has 2 atom stereocenters. The van der Waals surface area contributed by atoms with Gasteiger partial charge in [-0.3, -0.25) is 19.8 Å². The van der Waals surface area contributed by atoms with Crippen molar-refractivity contribution in [2.45, 2.75) is 34.6 Å². The molecule has 0 saturated heterocycles. The summed E-state index contributed by atoms with van der Waals surface area (Å²) in [5, 5.41) is 6.96. The van der Waals surface area contributed by atoms with E-state index in [1.165, 1.54) is 11.8 Å². The van der Waals surface area contributed by atoms with Crippen LogP contribution in [0.2, 0.25) is 0 Å². The zero-order valence-electron chi connectivity index (χ0n) is 16.7. The molecule has 26 heavy (non-hydrogen) atoms. The molecule has 7 heteroatoms. The Morgan fingerprint density at radius 3 is 2.73 bits per heavy atom. The molecule has 0 aromatic heterocycles. The third-order valence-electron chi connectivity index (χ3n) is 4.59. The lowest BCUT2D eigenvalue weighted by Gasteiger charge is -2.33. The predicted octanol–water partition coefficient (Wildman–Crippen LogP) is 2.52. The lowest BCUT2D eigenvalue weighted by Crippen LogP contribution is -2.55. The van der Waals surface area contributed by atoms with Crippen LogP contribution in [-0.2, 0) is 4.79 Å². The monoisotopic (exact) mass is 377 g/mol. The van der Waals surface area contributed by atoms with Crippen LogP contribution in [0.4, 0.5) is 0 Å². The van der Waals surface area contributed by atoms with Crippen molar-refractivity contribution in [1.82, 2.24) is 10.6 Å². The Hall–Kier alpha value is -1.63. The van der Waals surface area contributed by atoms with Crippen LogP contribution in [0.25, 0.3) is 0 Å². The van der Waals surface area contributed by atoms with E-state index in [0.29, 0.717) is 25.5 Å². The second-order valence-electron chi connectivity index (χ2n) is 7.93. The van der Waals surface area contributed by atoms with Gasteiger partial charge in [0.05, 0.1) is 6.54 Å². The summed E-state index contributed by atoms with van der Waals surface area (Å²) in [7, 11) is 0. The molecule has 0 aliphatic carbocycles. The largest absolute Gasteiger partial charge is 0.355 e. The molecule has 0 fully saturated rings. The summed E-state index contributed by atoms with van der Waals surface area (Å²) in [5.41, 5.74) is 0.438. The highest BCUT2D eigenvalue weighted by atomic mass is 32.2. The summed E-state index contributed by atoms with van der Waals surface area (Å²) in [6, 6.07) is 0. The fourth-order valence-electron chi connectivity index (χ4n) is 2.82. The van der Waals surface area contributed by atoms with E-state index in [1.807, 2.05) is 20.1 Å². The molecule has 2 heterocycles. The van der Waals surface area contributed by atoms with E-state index in [-0.39, 0.29) is 17.2 Å². The van der Waals surface area contributed by atoms with E-state index in [0.717, 1.165) is 17.4 Å². The van der Waals surface area contributed by atoms with Crippen molar-refractivity contribution in [2.75, 3.05) is 32.4 Å². The van der Waals surface area contributed by atoms with E-state index in [1.54, 1.807) is 0 Å². The number of allylic oxidation sites excluding steroid dienone is 1. The molecule has 2 aliphatic rings. The normalized spacial score (nSPS) is 27.6. The summed E-state index contributed by atoms with van der Waals surface area (Å²) in [4.78, 5) is 26.6. The van der Waals surface area contributed by atoms with Crippen molar-refractivity contribution in [3.05, 3.63) is 12.2 Å². The van der Waals surface area contributed by atoms with Crippen molar-refractivity contribution in [3.8, 4) is 0 Å². The third kappa shape index (κ3) is 4.75. The molecule has 144 valence electrons. The molecule has 0 aromatic rings. The smallest absolute Gasteiger partial charge is 0.235 e. The van der Waals surface area contributed by atoms with Gasteiger partial charge in [-0.05, 0) is 26.2 Å². The molecular weight excluding hydrogens is 346 g/mol. The zero-order valence-corrected chi connectivity index (χ0v) is 17.5. The van der Waals surface area contributed by atoms with E-state index >= 15 is 0 Å². The molecule has 1 amide bonds. The SMILES string of the molecule is CCNC(=O)C1(C)CN=C(SC)NC1=NCC1C=CC(C(C)(C)C)=NC1. The highest BCUT2D eigenvalue weighted by Gasteiger charge is 2.41. The number of carbonyl (C=O) groups is 1. The molecule has 0 bridgehead atoms. The Morgan fingerprint density at radius 2 is 2.19 bits per heavy atom. The molecular formula is C19H31N5OS. The molecule has 6 nitrogen and oxygen atoms in total. The molecule has 2 aliphatic heterocycles. The van der Waals surface area contributed by atoms with Gasteiger partial charge >= 0.3 is 0 Å². The van der Waals surface area contributed by atoms with Gasteiger partial charge in [-0.25, -0.2) is 0 Å². The van der Waals surface area contributed by atoms with Crippen molar-refractivity contribution in [3.63, 3.8) is 0 Å². The standard InChI is InChI=1S/C19H31N5OS/c1-7-20-16(25)19(5)12-23-17(26-6)24-15(19)22-11-13-8-9-14(21-10-13)18(2,3)4/h8-9,13H,7,10-12H2,1-6H3,(H,20,25)(H,22,23,24). The predicted molar refractivity (Wildman–Crippen MR) is 112 cm³/mol.